The summed E-state index contributed by atoms with van der Waals surface area (Å²) in [6, 6.07) is 5.64. The van der Waals surface area contributed by atoms with Crippen molar-refractivity contribution >= 4 is 17.1 Å². The monoisotopic (exact) mass is 303 g/mol. The van der Waals surface area contributed by atoms with Crippen molar-refractivity contribution in [2.45, 2.75) is 0 Å². The minimum absolute atomic E-state index is 0.137. The van der Waals surface area contributed by atoms with E-state index in [0.29, 0.717) is 12.1 Å². The van der Waals surface area contributed by atoms with E-state index in [1.54, 1.807) is 13.3 Å². The van der Waals surface area contributed by atoms with Crippen molar-refractivity contribution < 1.29 is 14.6 Å². The summed E-state index contributed by atoms with van der Waals surface area (Å²) < 4.78 is 10.6. The molecule has 0 radical (unpaired) electrons. The van der Waals surface area contributed by atoms with Crippen molar-refractivity contribution in [2.75, 3.05) is 46.5 Å². The molecule has 0 atom stereocenters. The Morgan fingerprint density at radius 3 is 3.00 bits per heavy atom. The van der Waals surface area contributed by atoms with Crippen LogP contribution in [-0.2, 0) is 4.74 Å². The lowest BCUT2D eigenvalue weighted by Crippen LogP contribution is -2.37. The number of rotatable bonds is 5. The van der Waals surface area contributed by atoms with Gasteiger partial charge in [-0.3, -0.25) is 9.89 Å². The van der Waals surface area contributed by atoms with E-state index in [2.05, 4.69) is 14.9 Å². The summed E-state index contributed by atoms with van der Waals surface area (Å²) in [7, 11) is 1.63. The maximum absolute atomic E-state index is 10.0. The van der Waals surface area contributed by atoms with Gasteiger partial charge in [0.25, 0.3) is 0 Å². The Kier molecular flexibility index (Phi) is 4.60. The number of hydrogen-bond acceptors (Lipinski definition) is 5. The molecule has 0 saturated carbocycles. The average Bonchev–Trinajstić information content (AvgIpc) is 2.87. The zero-order valence-electron chi connectivity index (χ0n) is 12.7. The second-order valence-corrected chi connectivity index (χ2v) is 5.29. The van der Waals surface area contributed by atoms with E-state index in [1.165, 1.54) is 0 Å². The lowest BCUT2D eigenvalue weighted by Gasteiger charge is -2.25. The highest BCUT2D eigenvalue weighted by molar-refractivity contribution is 6.02. The van der Waals surface area contributed by atoms with Gasteiger partial charge in [-0.15, -0.1) is 0 Å². The third-order valence-corrected chi connectivity index (χ3v) is 3.89. The van der Waals surface area contributed by atoms with Gasteiger partial charge in [0, 0.05) is 36.8 Å². The lowest BCUT2D eigenvalue weighted by molar-refractivity contribution is 0.0395. The predicted octanol–water partition coefficient (Wildman–Crippen LogP) is 1.63. The number of benzene rings is 1. The number of ether oxygens (including phenoxy) is 2. The maximum Gasteiger partial charge on any atom is 0.198 e. The quantitative estimate of drug-likeness (QED) is 0.824. The lowest BCUT2D eigenvalue weighted by atomic mass is 10.2. The average molecular weight is 303 g/mol. The van der Waals surface area contributed by atoms with Gasteiger partial charge in [0.2, 0.25) is 0 Å². The highest BCUT2D eigenvalue weighted by Crippen LogP contribution is 2.28. The number of morpholine rings is 1. The van der Waals surface area contributed by atoms with Crippen LogP contribution in [0, 0.1) is 0 Å². The molecule has 118 valence electrons. The van der Waals surface area contributed by atoms with Crippen LogP contribution in [0.1, 0.15) is 5.56 Å². The molecular formula is C16H21N3O3. The van der Waals surface area contributed by atoms with Crippen molar-refractivity contribution in [3.8, 4) is 11.6 Å². The van der Waals surface area contributed by atoms with E-state index < -0.39 is 0 Å². The Morgan fingerprint density at radius 1 is 1.41 bits per heavy atom. The third-order valence-electron chi connectivity index (χ3n) is 3.89. The second kappa shape index (κ2) is 6.81. The first kappa shape index (κ1) is 14.9. The van der Waals surface area contributed by atoms with E-state index in [-0.39, 0.29) is 5.88 Å². The summed E-state index contributed by atoms with van der Waals surface area (Å²) in [4.78, 5) is 9.73. The van der Waals surface area contributed by atoms with Gasteiger partial charge in [-0.05, 0) is 18.2 Å². The molecule has 22 heavy (non-hydrogen) atoms. The first-order valence-corrected chi connectivity index (χ1v) is 7.46. The fraction of sp³-hybridized carbons (Fsp3) is 0.438. The van der Waals surface area contributed by atoms with Crippen molar-refractivity contribution in [2.24, 2.45) is 4.99 Å². The number of aliphatic imine (C=N–C) groups is 1. The summed E-state index contributed by atoms with van der Waals surface area (Å²) in [6.45, 7) is 5.14. The number of aromatic amines is 1. The van der Waals surface area contributed by atoms with Crippen LogP contribution in [0.3, 0.4) is 0 Å². The summed E-state index contributed by atoms with van der Waals surface area (Å²) in [5, 5.41) is 10.9. The number of fused-ring (bicyclic) bond motifs is 1. The van der Waals surface area contributed by atoms with Crippen LogP contribution in [0.5, 0.6) is 11.6 Å². The van der Waals surface area contributed by atoms with Crippen LogP contribution in [-0.4, -0.2) is 67.7 Å². The number of aromatic hydroxyl groups is 1. The Bertz CT molecular complexity index is 660. The molecule has 3 rings (SSSR count). The molecule has 0 unspecified atom stereocenters. The van der Waals surface area contributed by atoms with Gasteiger partial charge in [-0.25, -0.2) is 0 Å². The zero-order valence-corrected chi connectivity index (χ0v) is 12.7. The van der Waals surface area contributed by atoms with Gasteiger partial charge >= 0.3 is 0 Å². The van der Waals surface area contributed by atoms with Crippen molar-refractivity contribution in [1.29, 1.82) is 0 Å². The largest absolute Gasteiger partial charge is 0.497 e. The molecule has 0 bridgehead atoms. The van der Waals surface area contributed by atoms with Gasteiger partial charge in [0.15, 0.2) is 5.88 Å². The van der Waals surface area contributed by atoms with Crippen LogP contribution in [0.15, 0.2) is 23.2 Å². The number of methoxy groups -OCH3 is 1. The molecule has 0 spiro atoms. The minimum atomic E-state index is 0.137. The molecule has 1 aromatic heterocycles. The van der Waals surface area contributed by atoms with Crippen LogP contribution in [0.25, 0.3) is 10.9 Å². The first-order valence-electron chi connectivity index (χ1n) is 7.46. The molecule has 1 aliphatic rings. The highest BCUT2D eigenvalue weighted by Gasteiger charge is 2.11. The molecule has 6 nitrogen and oxygen atoms in total. The number of hydrogen-bond donors (Lipinski definition) is 2. The molecule has 1 saturated heterocycles. The summed E-state index contributed by atoms with van der Waals surface area (Å²) in [5.41, 5.74) is 1.57. The van der Waals surface area contributed by atoms with E-state index >= 15 is 0 Å². The SMILES string of the molecule is COc1ccc2[nH]c(O)c(C=NCCN3CCOCC3)c2c1. The molecule has 6 heteroatoms. The zero-order chi connectivity index (χ0) is 15.4. The van der Waals surface area contributed by atoms with E-state index in [1.807, 2.05) is 18.2 Å². The van der Waals surface area contributed by atoms with Gasteiger partial charge in [-0.2, -0.15) is 0 Å². The van der Waals surface area contributed by atoms with Gasteiger partial charge in [0.1, 0.15) is 5.75 Å². The Morgan fingerprint density at radius 2 is 2.23 bits per heavy atom. The fourth-order valence-corrected chi connectivity index (χ4v) is 2.62. The first-order chi connectivity index (χ1) is 10.8. The van der Waals surface area contributed by atoms with Crippen LogP contribution >= 0.6 is 0 Å². The van der Waals surface area contributed by atoms with Gasteiger partial charge in [0.05, 0.1) is 32.4 Å². The molecule has 0 aliphatic carbocycles. The number of nitrogens with zero attached hydrogens (tertiary/aromatic N) is 2. The minimum Gasteiger partial charge on any atom is -0.497 e. The van der Waals surface area contributed by atoms with Gasteiger partial charge < -0.3 is 19.6 Å². The molecule has 1 aliphatic heterocycles. The summed E-state index contributed by atoms with van der Waals surface area (Å²) in [6.07, 6.45) is 1.73. The molecule has 2 heterocycles. The Hall–Kier alpha value is -2.05. The predicted molar refractivity (Wildman–Crippen MR) is 86.2 cm³/mol. The van der Waals surface area contributed by atoms with Crippen LogP contribution in [0.4, 0.5) is 0 Å². The van der Waals surface area contributed by atoms with E-state index in [4.69, 9.17) is 9.47 Å². The molecular weight excluding hydrogens is 282 g/mol. The normalized spacial score (nSPS) is 16.6. The molecule has 1 fully saturated rings. The number of nitrogens with one attached hydrogen (secondary N) is 1. The Balaban J connectivity index is 1.69. The summed E-state index contributed by atoms with van der Waals surface area (Å²) in [5.74, 6) is 0.896. The number of H-pyrrole nitrogens is 1. The maximum atomic E-state index is 10.0. The Labute approximate surface area is 129 Å². The molecule has 2 N–H and O–H groups in total. The van der Waals surface area contributed by atoms with Crippen LogP contribution < -0.4 is 4.74 Å². The van der Waals surface area contributed by atoms with Crippen molar-refractivity contribution in [3.05, 3.63) is 23.8 Å². The van der Waals surface area contributed by atoms with Crippen LogP contribution in [0.2, 0.25) is 0 Å². The summed E-state index contributed by atoms with van der Waals surface area (Å²) >= 11 is 0. The fourth-order valence-electron chi connectivity index (χ4n) is 2.62. The smallest absolute Gasteiger partial charge is 0.198 e. The standard InChI is InChI=1S/C16H21N3O3/c1-21-12-2-3-15-13(10-12)14(16(20)18-15)11-17-4-5-19-6-8-22-9-7-19/h2-3,10-11,18,20H,4-9H2,1H3. The second-order valence-electron chi connectivity index (χ2n) is 5.29. The highest BCUT2D eigenvalue weighted by atomic mass is 16.5. The molecule has 1 aromatic carbocycles. The van der Waals surface area contributed by atoms with Crippen molar-refractivity contribution in [1.82, 2.24) is 9.88 Å². The van der Waals surface area contributed by atoms with E-state index in [0.717, 1.165) is 49.5 Å². The topological polar surface area (TPSA) is 70.1 Å². The third kappa shape index (κ3) is 3.23. The number of aromatic nitrogens is 1. The molecule has 2 aromatic rings. The van der Waals surface area contributed by atoms with Gasteiger partial charge in [-0.1, -0.05) is 0 Å². The molecule has 0 amide bonds. The van der Waals surface area contributed by atoms with E-state index in [9.17, 15) is 5.11 Å². The van der Waals surface area contributed by atoms with Crippen molar-refractivity contribution in [3.63, 3.8) is 0 Å².